The van der Waals surface area contributed by atoms with Gasteiger partial charge in [-0.1, -0.05) is 12.1 Å². The first-order valence-corrected chi connectivity index (χ1v) is 10.3. The van der Waals surface area contributed by atoms with Crippen LogP contribution in [-0.2, 0) is 11.3 Å². The molecule has 2 heterocycles. The molecule has 1 unspecified atom stereocenters. The molecule has 32 heavy (non-hydrogen) atoms. The number of benzene rings is 1. The van der Waals surface area contributed by atoms with Crippen molar-refractivity contribution >= 4 is 47.3 Å². The number of aromatic nitrogens is 1. The minimum atomic E-state index is -0.303. The molecule has 10 heteroatoms. The molecule has 3 N–H and O–H groups in total. The smallest absolute Gasteiger partial charge is 0.238 e. The van der Waals surface area contributed by atoms with Crippen molar-refractivity contribution in [3.05, 3.63) is 54.0 Å². The number of likely N-dealkylation sites (N-methyl/N-ethyl adjacent to an activating group) is 1. The van der Waals surface area contributed by atoms with E-state index in [-0.39, 0.29) is 41.7 Å². The van der Waals surface area contributed by atoms with Gasteiger partial charge in [-0.3, -0.25) is 9.79 Å². The Morgan fingerprint density at radius 2 is 2.12 bits per heavy atom. The van der Waals surface area contributed by atoms with Gasteiger partial charge in [0, 0.05) is 44.6 Å². The molecule has 8 nitrogen and oxygen atoms in total. The van der Waals surface area contributed by atoms with E-state index in [1.807, 2.05) is 48.2 Å². The highest BCUT2D eigenvalue weighted by molar-refractivity contribution is 14.0. The second kappa shape index (κ2) is 12.5. The van der Waals surface area contributed by atoms with Gasteiger partial charge in [-0.05, 0) is 50.3 Å². The molecule has 1 aliphatic heterocycles. The average Bonchev–Trinajstić information content (AvgIpc) is 3.19. The maximum absolute atomic E-state index is 14.0. The van der Waals surface area contributed by atoms with Crippen LogP contribution in [0.1, 0.15) is 12.0 Å². The number of anilines is 2. The van der Waals surface area contributed by atoms with Crippen LogP contribution in [0.15, 0.2) is 47.6 Å². The lowest BCUT2D eigenvalue weighted by Crippen LogP contribution is -2.44. The largest absolute Gasteiger partial charge is 0.352 e. The minimum Gasteiger partial charge on any atom is -0.352 e. The van der Waals surface area contributed by atoms with E-state index in [0.29, 0.717) is 31.4 Å². The predicted molar refractivity (Wildman–Crippen MR) is 137 cm³/mol. The Kier molecular flexibility index (Phi) is 10.1. The number of amides is 1. The highest BCUT2D eigenvalue weighted by Crippen LogP contribution is 2.20. The highest BCUT2D eigenvalue weighted by atomic mass is 127. The lowest BCUT2D eigenvalue weighted by molar-refractivity contribution is -0.116. The number of pyridine rings is 1. The molecule has 0 bridgehead atoms. The van der Waals surface area contributed by atoms with Crippen molar-refractivity contribution in [2.24, 2.45) is 4.99 Å². The first-order chi connectivity index (χ1) is 14.9. The monoisotopic (exact) mass is 555 g/mol. The molecule has 0 radical (unpaired) electrons. The number of halogens is 2. The van der Waals surface area contributed by atoms with Crippen LogP contribution in [0.2, 0.25) is 0 Å². The number of rotatable bonds is 7. The van der Waals surface area contributed by atoms with Crippen LogP contribution >= 0.6 is 24.0 Å². The summed E-state index contributed by atoms with van der Waals surface area (Å²) in [5.41, 5.74) is 1.78. The lowest BCUT2D eigenvalue weighted by atomic mass is 10.2. The van der Waals surface area contributed by atoms with Crippen molar-refractivity contribution in [1.82, 2.24) is 20.5 Å². The molecule has 1 aromatic heterocycles. The molecule has 3 rings (SSSR count). The molecule has 0 saturated carbocycles. The minimum absolute atomic E-state index is 0. The Balaban J connectivity index is 0.00000363. The summed E-state index contributed by atoms with van der Waals surface area (Å²) in [5, 5.41) is 9.60. The van der Waals surface area contributed by atoms with Crippen molar-refractivity contribution in [3.8, 4) is 0 Å². The summed E-state index contributed by atoms with van der Waals surface area (Å²) in [6.07, 6.45) is 2.47. The maximum Gasteiger partial charge on any atom is 0.238 e. The number of guanidine groups is 1. The van der Waals surface area contributed by atoms with Gasteiger partial charge < -0.3 is 25.8 Å². The van der Waals surface area contributed by atoms with Crippen molar-refractivity contribution in [2.75, 3.05) is 51.0 Å². The summed E-state index contributed by atoms with van der Waals surface area (Å²) in [6.45, 7) is 2.28. The van der Waals surface area contributed by atoms with E-state index in [1.54, 1.807) is 19.3 Å². The van der Waals surface area contributed by atoms with Gasteiger partial charge >= 0.3 is 0 Å². The Hall–Kier alpha value is -2.47. The van der Waals surface area contributed by atoms with Crippen molar-refractivity contribution in [2.45, 2.75) is 19.0 Å². The molecule has 2 aromatic rings. The van der Waals surface area contributed by atoms with E-state index in [1.165, 1.54) is 6.07 Å². The molecule has 1 atom stereocenters. The number of aliphatic imine (C=N–C) groups is 1. The average molecular weight is 555 g/mol. The van der Waals surface area contributed by atoms with Crippen LogP contribution in [0, 0.1) is 5.82 Å². The third kappa shape index (κ3) is 7.59. The van der Waals surface area contributed by atoms with Crippen molar-refractivity contribution in [1.29, 1.82) is 0 Å². The van der Waals surface area contributed by atoms with E-state index in [2.05, 4.69) is 25.9 Å². The summed E-state index contributed by atoms with van der Waals surface area (Å²) in [5.74, 6) is 0.712. The molecule has 1 saturated heterocycles. The SMILES string of the molecule is CN=C(NCc1cccc(NC(=O)CN(C)C)c1)NC1CCN(c2ncccc2F)C1.I. The van der Waals surface area contributed by atoms with E-state index < -0.39 is 0 Å². The topological polar surface area (TPSA) is 84.9 Å². The predicted octanol–water partition coefficient (Wildman–Crippen LogP) is 2.28. The molecule has 0 spiro atoms. The van der Waals surface area contributed by atoms with Crippen LogP contribution in [-0.4, -0.2) is 68.6 Å². The quantitative estimate of drug-likeness (QED) is 0.276. The summed E-state index contributed by atoms with van der Waals surface area (Å²) >= 11 is 0. The second-order valence-corrected chi connectivity index (χ2v) is 7.80. The summed E-state index contributed by atoms with van der Waals surface area (Å²) in [7, 11) is 5.43. The first-order valence-electron chi connectivity index (χ1n) is 10.3. The van der Waals surface area contributed by atoms with Crippen LogP contribution in [0.25, 0.3) is 0 Å². The number of nitrogens with zero attached hydrogens (tertiary/aromatic N) is 4. The van der Waals surface area contributed by atoms with E-state index in [0.717, 1.165) is 24.2 Å². The zero-order valence-electron chi connectivity index (χ0n) is 18.6. The molecule has 1 aliphatic rings. The standard InChI is InChI=1S/C22H30FN7O.HI/c1-24-22(28-18-9-11-30(14-18)21-19(23)8-5-10-25-21)26-13-16-6-4-7-17(12-16)27-20(31)15-29(2)3;/h4-8,10,12,18H,9,11,13-15H2,1-3H3,(H,27,31)(H2,24,26,28);1H. The van der Waals surface area contributed by atoms with Crippen LogP contribution in [0.4, 0.5) is 15.9 Å². The Morgan fingerprint density at radius 1 is 1.31 bits per heavy atom. The molecule has 174 valence electrons. The van der Waals surface area contributed by atoms with Gasteiger partial charge in [0.05, 0.1) is 6.54 Å². The van der Waals surface area contributed by atoms with Crippen LogP contribution in [0.3, 0.4) is 0 Å². The van der Waals surface area contributed by atoms with Gasteiger partial charge in [0.15, 0.2) is 17.6 Å². The second-order valence-electron chi connectivity index (χ2n) is 7.80. The molecule has 1 amide bonds. The molecule has 0 aliphatic carbocycles. The van der Waals surface area contributed by atoms with Crippen LogP contribution in [0.5, 0.6) is 0 Å². The number of carbonyl (C=O) groups excluding carboxylic acids is 1. The maximum atomic E-state index is 14.0. The molecule has 1 aromatic carbocycles. The molecular formula is C22H31FIN7O. The van der Waals surface area contributed by atoms with Gasteiger partial charge in [-0.2, -0.15) is 0 Å². The molecular weight excluding hydrogens is 524 g/mol. The van der Waals surface area contributed by atoms with E-state index >= 15 is 0 Å². The fourth-order valence-corrected chi connectivity index (χ4v) is 3.50. The first kappa shape index (κ1) is 25.8. The lowest BCUT2D eigenvalue weighted by Gasteiger charge is -2.20. The Labute approximate surface area is 205 Å². The third-order valence-electron chi connectivity index (χ3n) is 4.92. The van der Waals surface area contributed by atoms with Gasteiger partial charge in [-0.25, -0.2) is 9.37 Å². The zero-order valence-corrected chi connectivity index (χ0v) is 21.0. The number of nitrogens with one attached hydrogen (secondary N) is 3. The van der Waals surface area contributed by atoms with Gasteiger partial charge in [0.25, 0.3) is 0 Å². The van der Waals surface area contributed by atoms with Crippen LogP contribution < -0.4 is 20.9 Å². The highest BCUT2D eigenvalue weighted by Gasteiger charge is 2.25. The van der Waals surface area contributed by atoms with Crippen molar-refractivity contribution < 1.29 is 9.18 Å². The van der Waals surface area contributed by atoms with Crippen molar-refractivity contribution in [3.63, 3.8) is 0 Å². The van der Waals surface area contributed by atoms with Gasteiger partial charge in [0.1, 0.15) is 0 Å². The summed E-state index contributed by atoms with van der Waals surface area (Å²) in [4.78, 5) is 24.2. The Morgan fingerprint density at radius 3 is 2.84 bits per heavy atom. The third-order valence-corrected chi connectivity index (χ3v) is 4.92. The number of hydrogen-bond acceptors (Lipinski definition) is 5. The zero-order chi connectivity index (χ0) is 22.2. The van der Waals surface area contributed by atoms with Gasteiger partial charge in [0.2, 0.25) is 5.91 Å². The van der Waals surface area contributed by atoms with E-state index in [9.17, 15) is 9.18 Å². The summed E-state index contributed by atoms with van der Waals surface area (Å²) in [6, 6.07) is 10.9. The molecule has 1 fully saturated rings. The van der Waals surface area contributed by atoms with E-state index in [4.69, 9.17) is 0 Å². The number of hydrogen-bond donors (Lipinski definition) is 3. The fraction of sp³-hybridized carbons (Fsp3) is 0.409. The fourth-order valence-electron chi connectivity index (χ4n) is 3.50. The normalized spacial score (nSPS) is 16.0. The summed E-state index contributed by atoms with van der Waals surface area (Å²) < 4.78 is 14.0. The number of carbonyl (C=O) groups is 1. The van der Waals surface area contributed by atoms with Gasteiger partial charge in [-0.15, -0.1) is 24.0 Å². The Bertz CT molecular complexity index is 925.